The molecule has 80 valence electrons. The fraction of sp³-hybridized carbons (Fsp3) is 1.00. The van der Waals surface area contributed by atoms with Crippen LogP contribution in [0.3, 0.4) is 0 Å². The van der Waals surface area contributed by atoms with Crippen LogP contribution in [0.1, 0.15) is 6.92 Å². The smallest absolute Gasteiger partial charge is 0.251 e. The molecule has 0 aliphatic carbocycles. The summed E-state index contributed by atoms with van der Waals surface area (Å²) in [7, 11) is 0. The number of rotatable bonds is 8. The maximum Gasteiger partial charge on any atom is 0.251 e. The Morgan fingerprint density at radius 1 is 1.38 bits per heavy atom. The van der Waals surface area contributed by atoms with Gasteiger partial charge in [-0.05, 0) is 6.92 Å². The standard InChI is InChI=1S/C8H18F2N2O/c1-2-13-6-5-12(4-3-11)7-8(9)10/h8H,2-7,11H2,1H3. The maximum absolute atomic E-state index is 12.0. The van der Waals surface area contributed by atoms with Crippen molar-refractivity contribution in [1.29, 1.82) is 0 Å². The van der Waals surface area contributed by atoms with Crippen LogP contribution in [0.5, 0.6) is 0 Å². The van der Waals surface area contributed by atoms with Gasteiger partial charge in [-0.1, -0.05) is 0 Å². The van der Waals surface area contributed by atoms with Gasteiger partial charge in [0.15, 0.2) is 0 Å². The first-order valence-corrected chi connectivity index (χ1v) is 4.49. The topological polar surface area (TPSA) is 38.5 Å². The van der Waals surface area contributed by atoms with Gasteiger partial charge in [0.25, 0.3) is 6.43 Å². The lowest BCUT2D eigenvalue weighted by molar-refractivity contribution is 0.0637. The molecule has 0 amide bonds. The number of hydrogen-bond acceptors (Lipinski definition) is 3. The molecule has 0 atom stereocenters. The Morgan fingerprint density at radius 3 is 2.54 bits per heavy atom. The Balaban J connectivity index is 3.53. The van der Waals surface area contributed by atoms with Gasteiger partial charge in [0.1, 0.15) is 0 Å². The van der Waals surface area contributed by atoms with Gasteiger partial charge < -0.3 is 10.5 Å². The molecule has 0 rings (SSSR count). The molecule has 5 heteroatoms. The molecular formula is C8H18F2N2O. The number of halogens is 2. The van der Waals surface area contributed by atoms with E-state index < -0.39 is 6.43 Å². The Bertz CT molecular complexity index is 114. The minimum Gasteiger partial charge on any atom is -0.380 e. The molecule has 0 saturated heterocycles. The molecule has 0 unspecified atom stereocenters. The molecule has 0 fully saturated rings. The molecule has 0 saturated carbocycles. The highest BCUT2D eigenvalue weighted by atomic mass is 19.3. The van der Waals surface area contributed by atoms with Crippen LogP contribution < -0.4 is 5.73 Å². The molecule has 0 heterocycles. The SMILES string of the molecule is CCOCCN(CCN)CC(F)F. The third kappa shape index (κ3) is 8.08. The first-order chi connectivity index (χ1) is 6.20. The highest BCUT2D eigenvalue weighted by Crippen LogP contribution is 1.97. The molecule has 0 spiro atoms. The van der Waals surface area contributed by atoms with Gasteiger partial charge in [-0.2, -0.15) is 0 Å². The van der Waals surface area contributed by atoms with E-state index >= 15 is 0 Å². The monoisotopic (exact) mass is 196 g/mol. The van der Waals surface area contributed by atoms with Gasteiger partial charge in [0.2, 0.25) is 0 Å². The average molecular weight is 196 g/mol. The second-order valence-corrected chi connectivity index (χ2v) is 2.68. The number of hydrogen-bond donors (Lipinski definition) is 1. The highest BCUT2D eigenvalue weighted by molar-refractivity contribution is 4.59. The Labute approximate surface area is 77.8 Å². The average Bonchev–Trinajstić information content (AvgIpc) is 2.04. The van der Waals surface area contributed by atoms with Crippen LogP contribution in [-0.2, 0) is 4.74 Å². The summed E-state index contributed by atoms with van der Waals surface area (Å²) in [6.07, 6.45) is -2.30. The Hall–Kier alpha value is -0.260. The summed E-state index contributed by atoms with van der Waals surface area (Å²) < 4.78 is 29.1. The fourth-order valence-corrected chi connectivity index (χ4v) is 1.01. The zero-order valence-electron chi connectivity index (χ0n) is 8.01. The van der Waals surface area contributed by atoms with Crippen molar-refractivity contribution in [2.24, 2.45) is 5.73 Å². The quantitative estimate of drug-likeness (QED) is 0.576. The summed E-state index contributed by atoms with van der Waals surface area (Å²) >= 11 is 0. The Morgan fingerprint density at radius 2 is 2.08 bits per heavy atom. The predicted octanol–water partition coefficient (Wildman–Crippen LogP) is 0.549. The summed E-state index contributed by atoms with van der Waals surface area (Å²) in [4.78, 5) is 1.61. The summed E-state index contributed by atoms with van der Waals surface area (Å²) in [5.74, 6) is 0. The lowest BCUT2D eigenvalue weighted by atomic mass is 10.4. The van der Waals surface area contributed by atoms with E-state index in [2.05, 4.69) is 0 Å². The van der Waals surface area contributed by atoms with E-state index in [0.29, 0.717) is 32.8 Å². The zero-order valence-corrected chi connectivity index (χ0v) is 8.01. The number of ether oxygens (including phenoxy) is 1. The van der Waals surface area contributed by atoms with Crippen molar-refractivity contribution >= 4 is 0 Å². The van der Waals surface area contributed by atoms with E-state index in [1.807, 2.05) is 6.92 Å². The van der Waals surface area contributed by atoms with E-state index in [0.717, 1.165) is 0 Å². The largest absolute Gasteiger partial charge is 0.380 e. The third-order valence-electron chi connectivity index (χ3n) is 1.60. The van der Waals surface area contributed by atoms with Crippen molar-refractivity contribution < 1.29 is 13.5 Å². The fourth-order valence-electron chi connectivity index (χ4n) is 1.01. The first kappa shape index (κ1) is 12.7. The van der Waals surface area contributed by atoms with E-state index in [9.17, 15) is 8.78 Å². The Kier molecular flexibility index (Phi) is 8.18. The molecule has 3 nitrogen and oxygen atoms in total. The van der Waals surface area contributed by atoms with Gasteiger partial charge in [0.05, 0.1) is 13.2 Å². The summed E-state index contributed by atoms with van der Waals surface area (Å²) in [6.45, 7) is 4.19. The zero-order chi connectivity index (χ0) is 10.1. The summed E-state index contributed by atoms with van der Waals surface area (Å²) in [5, 5.41) is 0. The van der Waals surface area contributed by atoms with Crippen LogP contribution in [0.2, 0.25) is 0 Å². The molecule has 0 aromatic rings. The van der Waals surface area contributed by atoms with Crippen molar-refractivity contribution in [2.75, 3.05) is 39.4 Å². The second-order valence-electron chi connectivity index (χ2n) is 2.68. The molecule has 13 heavy (non-hydrogen) atoms. The van der Waals surface area contributed by atoms with Gasteiger partial charge in [-0.3, -0.25) is 4.90 Å². The van der Waals surface area contributed by atoms with E-state index in [1.165, 1.54) is 0 Å². The summed E-state index contributed by atoms with van der Waals surface area (Å²) in [5.41, 5.74) is 5.28. The lowest BCUT2D eigenvalue weighted by Crippen LogP contribution is -2.36. The predicted molar refractivity (Wildman–Crippen MR) is 48.0 cm³/mol. The maximum atomic E-state index is 12.0. The van der Waals surface area contributed by atoms with Crippen LogP contribution in [0.15, 0.2) is 0 Å². The minimum absolute atomic E-state index is 0.218. The molecule has 0 aliphatic rings. The first-order valence-electron chi connectivity index (χ1n) is 4.49. The van der Waals surface area contributed by atoms with Gasteiger partial charge >= 0.3 is 0 Å². The number of nitrogens with two attached hydrogens (primary N) is 1. The van der Waals surface area contributed by atoms with Crippen LogP contribution in [-0.4, -0.2) is 50.7 Å². The molecule has 2 N–H and O–H groups in total. The number of alkyl halides is 2. The van der Waals surface area contributed by atoms with Crippen LogP contribution in [0.4, 0.5) is 8.78 Å². The third-order valence-corrected chi connectivity index (χ3v) is 1.60. The summed E-state index contributed by atoms with van der Waals surface area (Å²) in [6, 6.07) is 0. The normalized spacial score (nSPS) is 11.5. The van der Waals surface area contributed by atoms with Crippen molar-refractivity contribution in [3.63, 3.8) is 0 Å². The van der Waals surface area contributed by atoms with Crippen molar-refractivity contribution in [3.8, 4) is 0 Å². The van der Waals surface area contributed by atoms with E-state index in [-0.39, 0.29) is 6.54 Å². The van der Waals surface area contributed by atoms with E-state index in [1.54, 1.807) is 4.90 Å². The van der Waals surface area contributed by atoms with Gasteiger partial charge in [-0.15, -0.1) is 0 Å². The molecular weight excluding hydrogens is 178 g/mol. The van der Waals surface area contributed by atoms with Gasteiger partial charge in [-0.25, -0.2) is 8.78 Å². The van der Waals surface area contributed by atoms with Crippen molar-refractivity contribution in [1.82, 2.24) is 4.90 Å². The molecule has 0 bridgehead atoms. The van der Waals surface area contributed by atoms with Gasteiger partial charge in [0, 0.05) is 26.2 Å². The molecule has 0 aromatic carbocycles. The van der Waals surface area contributed by atoms with E-state index in [4.69, 9.17) is 10.5 Å². The van der Waals surface area contributed by atoms with Crippen LogP contribution in [0.25, 0.3) is 0 Å². The minimum atomic E-state index is -2.30. The highest BCUT2D eigenvalue weighted by Gasteiger charge is 2.10. The molecule has 0 radical (unpaired) electrons. The lowest BCUT2D eigenvalue weighted by Gasteiger charge is -2.20. The molecule has 0 aromatic heterocycles. The van der Waals surface area contributed by atoms with Crippen molar-refractivity contribution in [2.45, 2.75) is 13.3 Å². The second kappa shape index (κ2) is 8.34. The van der Waals surface area contributed by atoms with Crippen LogP contribution >= 0.6 is 0 Å². The van der Waals surface area contributed by atoms with Crippen LogP contribution in [0, 0.1) is 0 Å². The number of nitrogens with zero attached hydrogens (tertiary/aromatic N) is 1. The molecule has 0 aliphatic heterocycles. The van der Waals surface area contributed by atoms with Crippen molar-refractivity contribution in [3.05, 3.63) is 0 Å².